The van der Waals surface area contributed by atoms with E-state index in [2.05, 4.69) is 0 Å². The Labute approximate surface area is 170 Å². The normalized spacial score (nSPS) is 20.1. The van der Waals surface area contributed by atoms with Gasteiger partial charge in [-0.25, -0.2) is 17.2 Å². The number of nitrogens with zero attached hydrogens (tertiary/aromatic N) is 1. The maximum Gasteiger partial charge on any atom is 0.272 e. The van der Waals surface area contributed by atoms with Gasteiger partial charge in [0.25, 0.3) is 6.43 Å². The molecule has 0 radical (unpaired) electrons. The lowest BCUT2D eigenvalue weighted by atomic mass is 9.81. The minimum atomic E-state index is -3.76. The Morgan fingerprint density at radius 3 is 2.46 bits per heavy atom. The van der Waals surface area contributed by atoms with E-state index in [1.807, 2.05) is 13.8 Å². The molecule has 156 valence electrons. The van der Waals surface area contributed by atoms with Gasteiger partial charge in [-0.1, -0.05) is 38.1 Å². The SMILES string of the molecule is CC1(C)CN(S(=O)(=O)c2ccc(OCC(F)F)c3ccccc23)CCC1N.Cl. The fraction of sp³-hybridized carbons (Fsp3) is 0.474. The minimum Gasteiger partial charge on any atom is -0.487 e. The van der Waals surface area contributed by atoms with E-state index in [1.54, 1.807) is 24.3 Å². The molecule has 9 heteroatoms. The van der Waals surface area contributed by atoms with Crippen LogP contribution in [0.15, 0.2) is 41.3 Å². The van der Waals surface area contributed by atoms with E-state index in [4.69, 9.17) is 10.5 Å². The van der Waals surface area contributed by atoms with E-state index >= 15 is 0 Å². The van der Waals surface area contributed by atoms with Crippen LogP contribution in [0.1, 0.15) is 20.3 Å². The number of fused-ring (bicyclic) bond motifs is 1. The van der Waals surface area contributed by atoms with E-state index in [1.165, 1.54) is 16.4 Å². The molecule has 1 saturated heterocycles. The summed E-state index contributed by atoms with van der Waals surface area (Å²) in [6, 6.07) is 9.58. The molecule has 1 atom stereocenters. The third kappa shape index (κ3) is 4.40. The van der Waals surface area contributed by atoms with Crippen LogP contribution in [0.2, 0.25) is 0 Å². The van der Waals surface area contributed by atoms with Gasteiger partial charge < -0.3 is 10.5 Å². The predicted molar refractivity (Wildman–Crippen MR) is 108 cm³/mol. The molecule has 3 rings (SSSR count). The molecule has 5 nitrogen and oxygen atoms in total. The van der Waals surface area contributed by atoms with Crippen LogP contribution >= 0.6 is 12.4 Å². The number of hydrogen-bond donors (Lipinski definition) is 1. The minimum absolute atomic E-state index is 0. The van der Waals surface area contributed by atoms with Gasteiger partial charge >= 0.3 is 0 Å². The van der Waals surface area contributed by atoms with Gasteiger partial charge in [0.1, 0.15) is 12.4 Å². The van der Waals surface area contributed by atoms with Crippen LogP contribution in [0.4, 0.5) is 8.78 Å². The van der Waals surface area contributed by atoms with Gasteiger partial charge in [0, 0.05) is 29.9 Å². The van der Waals surface area contributed by atoms with Crippen LogP contribution in [-0.2, 0) is 10.0 Å². The van der Waals surface area contributed by atoms with Crippen LogP contribution < -0.4 is 10.5 Å². The van der Waals surface area contributed by atoms with E-state index in [-0.39, 0.29) is 34.5 Å². The summed E-state index contributed by atoms with van der Waals surface area (Å²) >= 11 is 0. The zero-order valence-electron chi connectivity index (χ0n) is 15.8. The highest BCUT2D eigenvalue weighted by molar-refractivity contribution is 7.89. The fourth-order valence-corrected chi connectivity index (χ4v) is 5.24. The first-order valence-electron chi connectivity index (χ1n) is 8.81. The Balaban J connectivity index is 0.00000280. The van der Waals surface area contributed by atoms with E-state index in [0.29, 0.717) is 30.3 Å². The van der Waals surface area contributed by atoms with Crippen molar-refractivity contribution in [3.63, 3.8) is 0 Å². The van der Waals surface area contributed by atoms with Gasteiger partial charge in [0.15, 0.2) is 0 Å². The smallest absolute Gasteiger partial charge is 0.272 e. The molecule has 0 aromatic heterocycles. The summed E-state index contributed by atoms with van der Waals surface area (Å²) in [4.78, 5) is 0.147. The van der Waals surface area contributed by atoms with Crippen molar-refractivity contribution in [2.45, 2.75) is 37.6 Å². The average Bonchev–Trinajstić information content (AvgIpc) is 2.61. The van der Waals surface area contributed by atoms with Gasteiger partial charge in [0.2, 0.25) is 10.0 Å². The third-order valence-electron chi connectivity index (χ3n) is 5.10. The molecule has 1 fully saturated rings. The number of alkyl halides is 2. The van der Waals surface area contributed by atoms with Crippen LogP contribution in [-0.4, -0.2) is 44.9 Å². The molecule has 0 bridgehead atoms. The van der Waals surface area contributed by atoms with Crippen molar-refractivity contribution in [3.8, 4) is 5.75 Å². The lowest BCUT2D eigenvalue weighted by molar-refractivity contribution is 0.0826. The van der Waals surface area contributed by atoms with Crippen molar-refractivity contribution in [3.05, 3.63) is 36.4 Å². The summed E-state index contributed by atoms with van der Waals surface area (Å²) in [6.07, 6.45) is -2.02. The summed E-state index contributed by atoms with van der Waals surface area (Å²) in [5.41, 5.74) is 5.79. The second-order valence-electron chi connectivity index (χ2n) is 7.53. The lowest BCUT2D eigenvalue weighted by Crippen LogP contribution is -2.53. The second-order valence-corrected chi connectivity index (χ2v) is 9.44. The van der Waals surface area contributed by atoms with Crippen LogP contribution in [0.25, 0.3) is 10.8 Å². The first-order valence-corrected chi connectivity index (χ1v) is 10.3. The van der Waals surface area contributed by atoms with Crippen molar-refractivity contribution in [1.29, 1.82) is 0 Å². The zero-order valence-corrected chi connectivity index (χ0v) is 17.4. The topological polar surface area (TPSA) is 72.6 Å². The van der Waals surface area contributed by atoms with Gasteiger partial charge in [-0.3, -0.25) is 0 Å². The summed E-state index contributed by atoms with van der Waals surface area (Å²) < 4.78 is 58.2. The van der Waals surface area contributed by atoms with Gasteiger partial charge in [0.05, 0.1) is 4.90 Å². The molecule has 2 aromatic carbocycles. The Morgan fingerprint density at radius 2 is 1.86 bits per heavy atom. The zero-order chi connectivity index (χ0) is 19.8. The Kier molecular flexibility index (Phi) is 6.91. The number of benzene rings is 2. The summed E-state index contributed by atoms with van der Waals surface area (Å²) in [5.74, 6) is 0.242. The maximum absolute atomic E-state index is 13.3. The van der Waals surface area contributed by atoms with Gasteiger partial charge in [-0.2, -0.15) is 4.31 Å². The molecule has 0 saturated carbocycles. The Hall–Kier alpha value is -1.48. The number of rotatable bonds is 5. The van der Waals surface area contributed by atoms with Crippen LogP contribution in [0.3, 0.4) is 0 Å². The van der Waals surface area contributed by atoms with Crippen molar-refractivity contribution in [2.24, 2.45) is 11.1 Å². The largest absolute Gasteiger partial charge is 0.487 e. The summed E-state index contributed by atoms with van der Waals surface area (Å²) in [7, 11) is -3.76. The molecular formula is C19H25ClF2N2O3S. The number of ether oxygens (including phenoxy) is 1. The molecule has 1 unspecified atom stereocenters. The van der Waals surface area contributed by atoms with Crippen LogP contribution in [0, 0.1) is 5.41 Å². The van der Waals surface area contributed by atoms with E-state index in [0.717, 1.165) is 0 Å². The summed E-state index contributed by atoms with van der Waals surface area (Å²) in [6.45, 7) is 3.85. The molecular weight excluding hydrogens is 410 g/mol. The molecule has 2 N–H and O–H groups in total. The first-order chi connectivity index (χ1) is 12.6. The molecule has 0 amide bonds. The van der Waals surface area contributed by atoms with E-state index in [9.17, 15) is 17.2 Å². The number of sulfonamides is 1. The van der Waals surface area contributed by atoms with E-state index < -0.39 is 23.1 Å². The predicted octanol–water partition coefficient (Wildman–Crippen LogP) is 3.65. The molecule has 28 heavy (non-hydrogen) atoms. The molecule has 1 aliphatic heterocycles. The van der Waals surface area contributed by atoms with Crippen molar-refractivity contribution >= 4 is 33.2 Å². The fourth-order valence-electron chi connectivity index (χ4n) is 3.42. The third-order valence-corrected chi connectivity index (χ3v) is 7.01. The molecule has 0 spiro atoms. The summed E-state index contributed by atoms with van der Waals surface area (Å²) in [5, 5.41) is 0.948. The van der Waals surface area contributed by atoms with Crippen LogP contribution in [0.5, 0.6) is 5.75 Å². The average molecular weight is 435 g/mol. The van der Waals surface area contributed by atoms with Gasteiger partial charge in [-0.15, -0.1) is 12.4 Å². The Morgan fingerprint density at radius 1 is 1.21 bits per heavy atom. The molecule has 1 heterocycles. The highest BCUT2D eigenvalue weighted by Crippen LogP contribution is 2.36. The number of piperidine rings is 1. The highest BCUT2D eigenvalue weighted by Gasteiger charge is 2.39. The number of hydrogen-bond acceptors (Lipinski definition) is 4. The maximum atomic E-state index is 13.3. The van der Waals surface area contributed by atoms with Crippen molar-refractivity contribution < 1.29 is 21.9 Å². The van der Waals surface area contributed by atoms with Crippen molar-refractivity contribution in [1.82, 2.24) is 4.31 Å². The molecule has 2 aromatic rings. The quantitative estimate of drug-likeness (QED) is 0.779. The second kappa shape index (κ2) is 8.49. The first kappa shape index (κ1) is 22.8. The Bertz CT molecular complexity index is 938. The lowest BCUT2D eigenvalue weighted by Gasteiger charge is -2.41. The monoisotopic (exact) mass is 434 g/mol. The number of halogens is 3. The highest BCUT2D eigenvalue weighted by atomic mass is 35.5. The molecule has 1 aliphatic rings. The van der Waals surface area contributed by atoms with Gasteiger partial charge in [-0.05, 0) is 24.0 Å². The molecule has 0 aliphatic carbocycles. The van der Waals surface area contributed by atoms with Crippen molar-refractivity contribution in [2.75, 3.05) is 19.7 Å². The number of nitrogens with two attached hydrogens (primary N) is 1. The standard InChI is InChI=1S/C19H24F2N2O3S.ClH/c1-19(2)12-23(10-9-17(19)22)27(24,25)16-8-7-15(26-11-18(20)21)13-5-3-4-6-14(13)16;/h3-8,17-18H,9-12,22H2,1-2H3;1H.